The molecule has 5 N–H and O–H groups in total. The highest BCUT2D eigenvalue weighted by molar-refractivity contribution is 6.11. The van der Waals surface area contributed by atoms with Crippen LogP contribution in [0, 0.1) is 5.82 Å². The van der Waals surface area contributed by atoms with Gasteiger partial charge in [-0.3, -0.25) is 9.59 Å². The molecule has 1 atom stereocenters. The Kier molecular flexibility index (Phi) is 6.92. The van der Waals surface area contributed by atoms with Gasteiger partial charge in [-0.1, -0.05) is 13.0 Å². The smallest absolute Gasteiger partial charge is 0.219 e. The van der Waals surface area contributed by atoms with E-state index in [0.717, 1.165) is 0 Å². The summed E-state index contributed by atoms with van der Waals surface area (Å²) in [5.74, 6) is -1.31. The van der Waals surface area contributed by atoms with Crippen molar-refractivity contribution in [2.24, 2.45) is 5.73 Å². The van der Waals surface area contributed by atoms with Crippen LogP contribution in [0.15, 0.2) is 30.5 Å². The monoisotopic (exact) mass is 402 g/mol. The average molecular weight is 402 g/mol. The number of amides is 1. The number of nitrogen functional groups attached to an aromatic ring is 1. The molecule has 29 heavy (non-hydrogen) atoms. The van der Waals surface area contributed by atoms with Gasteiger partial charge in [-0.15, -0.1) is 0 Å². The van der Waals surface area contributed by atoms with Crippen LogP contribution in [0.3, 0.4) is 0 Å². The van der Waals surface area contributed by atoms with E-state index in [4.69, 9.17) is 16.2 Å². The lowest BCUT2D eigenvalue weighted by Crippen LogP contribution is -2.44. The molecule has 0 aliphatic rings. The molecule has 0 aliphatic carbocycles. The van der Waals surface area contributed by atoms with Gasteiger partial charge in [0.15, 0.2) is 0 Å². The van der Waals surface area contributed by atoms with Crippen molar-refractivity contribution in [2.45, 2.75) is 45.2 Å². The number of methoxy groups -OCH3 is 1. The number of carbonyl (C=O) groups excluding carboxylic acids is 2. The number of hydrogen-bond acceptors (Lipinski definition) is 6. The van der Waals surface area contributed by atoms with Crippen molar-refractivity contribution < 1.29 is 18.7 Å². The number of carbonyl (C=O) groups is 2. The first-order chi connectivity index (χ1) is 13.6. The fourth-order valence-corrected chi connectivity index (χ4v) is 3.27. The Hall–Kier alpha value is -3.00. The molecule has 0 bridgehead atoms. The van der Waals surface area contributed by atoms with E-state index in [1.165, 1.54) is 25.4 Å². The largest absolute Gasteiger partial charge is 0.496 e. The maximum Gasteiger partial charge on any atom is 0.219 e. The lowest BCUT2D eigenvalue weighted by molar-refractivity contribution is -0.119. The van der Waals surface area contributed by atoms with Crippen LogP contribution in [0.4, 0.5) is 10.2 Å². The number of ketones is 1. The molecule has 0 spiro atoms. The number of benzene rings is 1. The minimum Gasteiger partial charge on any atom is -0.496 e. The van der Waals surface area contributed by atoms with Gasteiger partial charge in [0.05, 0.1) is 7.11 Å². The Morgan fingerprint density at radius 2 is 1.97 bits per heavy atom. The van der Waals surface area contributed by atoms with Gasteiger partial charge < -0.3 is 21.5 Å². The number of nitrogens with two attached hydrogens (primary N) is 2. The molecule has 0 saturated carbocycles. The van der Waals surface area contributed by atoms with Gasteiger partial charge >= 0.3 is 0 Å². The molecular formula is C21H27FN4O3. The molecule has 1 amide bonds. The number of nitrogens with zero attached hydrogens (tertiary/aromatic N) is 1. The minimum absolute atomic E-state index is 0.0875. The molecular weight excluding hydrogens is 375 g/mol. The second-order valence-electron chi connectivity index (χ2n) is 7.48. The topological polar surface area (TPSA) is 120 Å². The molecule has 0 radical (unpaired) electrons. The molecule has 1 heterocycles. The van der Waals surface area contributed by atoms with Crippen LogP contribution >= 0.6 is 0 Å². The lowest BCUT2D eigenvalue weighted by Gasteiger charge is -2.31. The normalized spacial score (nSPS) is 12.4. The number of hydrogen-bond donors (Lipinski definition) is 3. The third-order valence-electron chi connectivity index (χ3n) is 4.59. The maximum atomic E-state index is 15.5. The number of pyridine rings is 1. The second-order valence-corrected chi connectivity index (χ2v) is 7.48. The van der Waals surface area contributed by atoms with Crippen LogP contribution in [0.25, 0.3) is 0 Å². The molecule has 156 valence electrons. The van der Waals surface area contributed by atoms with Gasteiger partial charge in [-0.25, -0.2) is 9.37 Å². The number of primary amides is 1. The van der Waals surface area contributed by atoms with Crippen molar-refractivity contribution in [3.8, 4) is 5.75 Å². The summed E-state index contributed by atoms with van der Waals surface area (Å²) >= 11 is 0. The molecule has 2 aromatic rings. The predicted molar refractivity (Wildman–Crippen MR) is 109 cm³/mol. The molecule has 2 rings (SSSR count). The van der Waals surface area contributed by atoms with Crippen molar-refractivity contribution >= 4 is 17.5 Å². The molecule has 1 aromatic heterocycles. The summed E-state index contributed by atoms with van der Waals surface area (Å²) < 4.78 is 20.8. The second kappa shape index (κ2) is 9.00. The van der Waals surface area contributed by atoms with Gasteiger partial charge in [-0.05, 0) is 38.5 Å². The van der Waals surface area contributed by atoms with E-state index in [-0.39, 0.29) is 29.1 Å². The van der Waals surface area contributed by atoms with E-state index in [1.54, 1.807) is 12.1 Å². The summed E-state index contributed by atoms with van der Waals surface area (Å²) in [7, 11) is 1.37. The van der Waals surface area contributed by atoms with E-state index in [0.29, 0.717) is 12.0 Å². The fourth-order valence-electron chi connectivity index (χ4n) is 3.27. The quantitative estimate of drug-likeness (QED) is 0.555. The van der Waals surface area contributed by atoms with Gasteiger partial charge in [0, 0.05) is 35.3 Å². The maximum absolute atomic E-state index is 15.5. The Balaban J connectivity index is 2.49. The number of anilines is 1. The molecule has 8 heteroatoms. The highest BCUT2D eigenvalue weighted by atomic mass is 19.1. The Labute approximate surface area is 169 Å². The molecule has 0 saturated heterocycles. The molecule has 7 nitrogen and oxygen atoms in total. The van der Waals surface area contributed by atoms with Gasteiger partial charge in [0.25, 0.3) is 0 Å². The highest BCUT2D eigenvalue weighted by Gasteiger charge is 2.29. The van der Waals surface area contributed by atoms with Crippen LogP contribution in [0.1, 0.15) is 61.1 Å². The first-order valence-corrected chi connectivity index (χ1v) is 9.28. The molecule has 0 aliphatic heterocycles. The summed E-state index contributed by atoms with van der Waals surface area (Å²) in [4.78, 5) is 28.2. The lowest BCUT2D eigenvalue weighted by atomic mass is 9.92. The SMILES string of the molecule is CC[C@H](NC(C)(C)CC(N)=O)c1ccc(OC)c(C(=O)c2ccc(N)nc2)c1F. The number of aromatic nitrogens is 1. The predicted octanol–water partition coefficient (Wildman–Crippen LogP) is 2.74. The van der Waals surface area contributed by atoms with Gasteiger partial charge in [-0.2, -0.15) is 0 Å². The summed E-state index contributed by atoms with van der Waals surface area (Å²) in [5.41, 5.74) is 10.6. The van der Waals surface area contributed by atoms with Crippen LogP contribution in [0.5, 0.6) is 5.75 Å². The van der Waals surface area contributed by atoms with Gasteiger partial charge in [0.1, 0.15) is 22.9 Å². The zero-order valence-corrected chi connectivity index (χ0v) is 17.1. The first kappa shape index (κ1) is 22.3. The van der Waals surface area contributed by atoms with Crippen molar-refractivity contribution in [1.82, 2.24) is 10.3 Å². The van der Waals surface area contributed by atoms with E-state index < -0.39 is 29.1 Å². The van der Waals surface area contributed by atoms with E-state index >= 15 is 4.39 Å². The summed E-state index contributed by atoms with van der Waals surface area (Å²) in [6.07, 6.45) is 1.92. The van der Waals surface area contributed by atoms with E-state index in [1.807, 2.05) is 20.8 Å². The van der Waals surface area contributed by atoms with Crippen LogP contribution < -0.4 is 21.5 Å². The summed E-state index contributed by atoms with van der Waals surface area (Å²) in [5, 5.41) is 3.26. The van der Waals surface area contributed by atoms with Crippen molar-refractivity contribution in [3.05, 3.63) is 53.0 Å². The van der Waals surface area contributed by atoms with Crippen molar-refractivity contribution in [2.75, 3.05) is 12.8 Å². The Bertz CT molecular complexity index is 898. The van der Waals surface area contributed by atoms with E-state index in [9.17, 15) is 9.59 Å². The molecule has 1 aromatic carbocycles. The minimum atomic E-state index is -0.680. The summed E-state index contributed by atoms with van der Waals surface area (Å²) in [6, 6.07) is 5.66. The fraction of sp³-hybridized carbons (Fsp3) is 0.381. The van der Waals surface area contributed by atoms with Crippen molar-refractivity contribution in [3.63, 3.8) is 0 Å². The van der Waals surface area contributed by atoms with E-state index in [2.05, 4.69) is 10.3 Å². The zero-order valence-electron chi connectivity index (χ0n) is 17.1. The summed E-state index contributed by atoms with van der Waals surface area (Å²) in [6.45, 7) is 5.51. The van der Waals surface area contributed by atoms with Crippen LogP contribution in [0.2, 0.25) is 0 Å². The third-order valence-corrected chi connectivity index (χ3v) is 4.59. The zero-order chi connectivity index (χ0) is 21.8. The average Bonchev–Trinajstić information content (AvgIpc) is 2.65. The molecule has 0 fully saturated rings. The van der Waals surface area contributed by atoms with Crippen LogP contribution in [-0.4, -0.2) is 29.3 Å². The first-order valence-electron chi connectivity index (χ1n) is 9.28. The van der Waals surface area contributed by atoms with Gasteiger partial charge in [0.2, 0.25) is 11.7 Å². The standard InChI is InChI=1S/C21H27FN4O3/c1-5-14(26-21(2,3)10-17(24)27)13-7-8-15(29-4)18(19(13)22)20(28)12-6-9-16(23)25-11-12/h6-9,11,14,26H,5,10H2,1-4H3,(H2,23,25)(H2,24,27)/t14-/m0/s1. The van der Waals surface area contributed by atoms with Crippen LogP contribution in [-0.2, 0) is 4.79 Å². The number of nitrogens with one attached hydrogen (secondary N) is 1. The highest BCUT2D eigenvalue weighted by Crippen LogP contribution is 2.32. The third kappa shape index (κ3) is 5.29. The number of ether oxygens (including phenoxy) is 1. The Morgan fingerprint density at radius 1 is 1.28 bits per heavy atom. The molecule has 0 unspecified atom stereocenters. The number of rotatable bonds is 9. The van der Waals surface area contributed by atoms with Crippen molar-refractivity contribution in [1.29, 1.82) is 0 Å². The Morgan fingerprint density at radius 3 is 2.48 bits per heavy atom. The number of halogens is 1.